The third-order valence-electron chi connectivity index (χ3n) is 4.71. The average Bonchev–Trinajstić information content (AvgIpc) is 2.94. The first-order valence-electron chi connectivity index (χ1n) is 8.06. The van der Waals surface area contributed by atoms with Gasteiger partial charge in [0.15, 0.2) is 5.82 Å². The number of nitrogens with two attached hydrogens (primary N) is 1. The number of pyridine rings is 1. The zero-order chi connectivity index (χ0) is 16.7. The molecule has 1 aromatic carbocycles. The SMILES string of the molecule is Nc1nc2ccccc2c2c1nc(CO)n2CC1(O)CCOCC1. The number of nitrogen functional groups attached to an aromatic ring is 1. The van der Waals surface area contributed by atoms with Crippen LogP contribution in [0.25, 0.3) is 21.9 Å². The molecule has 0 spiro atoms. The van der Waals surface area contributed by atoms with Crippen LogP contribution in [0.3, 0.4) is 0 Å². The van der Waals surface area contributed by atoms with Crippen LogP contribution in [0.1, 0.15) is 18.7 Å². The third-order valence-corrected chi connectivity index (χ3v) is 4.71. The fourth-order valence-corrected chi connectivity index (χ4v) is 3.40. The smallest absolute Gasteiger partial charge is 0.152 e. The van der Waals surface area contributed by atoms with Crippen LogP contribution in [0.2, 0.25) is 0 Å². The van der Waals surface area contributed by atoms with Crippen LogP contribution in [0.4, 0.5) is 5.82 Å². The van der Waals surface area contributed by atoms with Gasteiger partial charge in [-0.3, -0.25) is 0 Å². The molecule has 0 atom stereocenters. The lowest BCUT2D eigenvalue weighted by molar-refractivity contribution is -0.0728. The highest BCUT2D eigenvalue weighted by Gasteiger charge is 2.32. The molecular formula is C17H20N4O3. The van der Waals surface area contributed by atoms with Crippen LogP contribution < -0.4 is 5.73 Å². The maximum Gasteiger partial charge on any atom is 0.152 e. The number of nitrogens with zero attached hydrogens (tertiary/aromatic N) is 3. The van der Waals surface area contributed by atoms with Crippen molar-refractivity contribution in [2.24, 2.45) is 0 Å². The molecule has 1 saturated heterocycles. The molecule has 1 aliphatic rings. The molecule has 3 aromatic rings. The molecule has 3 heterocycles. The van der Waals surface area contributed by atoms with Gasteiger partial charge in [-0.2, -0.15) is 0 Å². The summed E-state index contributed by atoms with van der Waals surface area (Å²) in [5.41, 5.74) is 7.34. The van der Waals surface area contributed by atoms with Crippen molar-refractivity contribution in [3.8, 4) is 0 Å². The highest BCUT2D eigenvalue weighted by Crippen LogP contribution is 2.31. The third kappa shape index (κ3) is 2.41. The van der Waals surface area contributed by atoms with Gasteiger partial charge in [-0.1, -0.05) is 18.2 Å². The molecule has 1 aliphatic heterocycles. The monoisotopic (exact) mass is 328 g/mol. The zero-order valence-electron chi connectivity index (χ0n) is 13.3. The Morgan fingerprint density at radius 1 is 1.21 bits per heavy atom. The Morgan fingerprint density at radius 3 is 2.71 bits per heavy atom. The van der Waals surface area contributed by atoms with Crippen molar-refractivity contribution in [1.29, 1.82) is 0 Å². The van der Waals surface area contributed by atoms with E-state index in [0.29, 0.717) is 49.8 Å². The summed E-state index contributed by atoms with van der Waals surface area (Å²) in [6.07, 6.45) is 1.10. The van der Waals surface area contributed by atoms with E-state index in [0.717, 1.165) is 16.4 Å². The number of ether oxygens (including phenoxy) is 1. The lowest BCUT2D eigenvalue weighted by Crippen LogP contribution is -2.40. The quantitative estimate of drug-likeness (QED) is 0.667. The largest absolute Gasteiger partial charge is 0.388 e. The summed E-state index contributed by atoms with van der Waals surface area (Å²) < 4.78 is 7.23. The van der Waals surface area contributed by atoms with Crippen LogP contribution in [0.5, 0.6) is 0 Å². The van der Waals surface area contributed by atoms with Crippen LogP contribution in [0, 0.1) is 0 Å². The molecule has 24 heavy (non-hydrogen) atoms. The van der Waals surface area contributed by atoms with E-state index in [2.05, 4.69) is 9.97 Å². The summed E-state index contributed by atoms with van der Waals surface area (Å²) in [6.45, 7) is 1.18. The number of anilines is 1. The molecule has 2 aromatic heterocycles. The first-order chi connectivity index (χ1) is 11.6. The van der Waals surface area contributed by atoms with E-state index in [9.17, 15) is 10.2 Å². The van der Waals surface area contributed by atoms with Gasteiger partial charge in [0, 0.05) is 31.4 Å². The molecule has 7 nitrogen and oxygen atoms in total. The predicted octanol–water partition coefficient (Wildman–Crippen LogP) is 1.20. The minimum Gasteiger partial charge on any atom is -0.388 e. The predicted molar refractivity (Wildman–Crippen MR) is 90.4 cm³/mol. The zero-order valence-corrected chi connectivity index (χ0v) is 13.3. The Kier molecular flexibility index (Phi) is 3.64. The number of para-hydroxylation sites is 1. The van der Waals surface area contributed by atoms with Gasteiger partial charge in [-0.15, -0.1) is 0 Å². The van der Waals surface area contributed by atoms with E-state index in [4.69, 9.17) is 10.5 Å². The number of imidazole rings is 1. The van der Waals surface area contributed by atoms with Crippen LogP contribution in [0.15, 0.2) is 24.3 Å². The van der Waals surface area contributed by atoms with Gasteiger partial charge in [-0.05, 0) is 6.07 Å². The Labute approximate surface area is 138 Å². The van der Waals surface area contributed by atoms with Crippen molar-refractivity contribution < 1.29 is 14.9 Å². The lowest BCUT2D eigenvalue weighted by Gasteiger charge is -2.33. The Balaban J connectivity index is 1.95. The fraction of sp³-hybridized carbons (Fsp3) is 0.412. The molecule has 0 amide bonds. The molecule has 126 valence electrons. The number of hydrogen-bond donors (Lipinski definition) is 3. The van der Waals surface area contributed by atoms with Gasteiger partial charge in [0.05, 0.1) is 23.2 Å². The highest BCUT2D eigenvalue weighted by molar-refractivity contribution is 6.06. The van der Waals surface area contributed by atoms with Gasteiger partial charge < -0.3 is 25.3 Å². The van der Waals surface area contributed by atoms with E-state index < -0.39 is 5.60 Å². The van der Waals surface area contributed by atoms with Gasteiger partial charge in [0.2, 0.25) is 0 Å². The van der Waals surface area contributed by atoms with Gasteiger partial charge in [0.1, 0.15) is 17.9 Å². The van der Waals surface area contributed by atoms with E-state index in [1.807, 2.05) is 28.8 Å². The molecule has 7 heteroatoms. The van der Waals surface area contributed by atoms with Crippen molar-refractivity contribution in [3.63, 3.8) is 0 Å². The number of hydrogen-bond acceptors (Lipinski definition) is 6. The van der Waals surface area contributed by atoms with Gasteiger partial charge in [-0.25, -0.2) is 9.97 Å². The van der Waals surface area contributed by atoms with Crippen molar-refractivity contribution in [2.45, 2.75) is 31.6 Å². The standard InChI is InChI=1S/C17H20N4O3/c18-16-14-15(11-3-1-2-4-12(11)19-16)21(13(9-22)20-14)10-17(23)5-7-24-8-6-17/h1-4,22-23H,5-10H2,(H2,18,19). The van der Waals surface area contributed by atoms with Crippen molar-refractivity contribution in [1.82, 2.24) is 14.5 Å². The summed E-state index contributed by atoms with van der Waals surface area (Å²) in [7, 11) is 0. The van der Waals surface area contributed by atoms with E-state index >= 15 is 0 Å². The second-order valence-electron chi connectivity index (χ2n) is 6.32. The maximum absolute atomic E-state index is 10.9. The number of aliphatic hydroxyl groups is 2. The normalized spacial score (nSPS) is 17.6. The second-order valence-corrected chi connectivity index (χ2v) is 6.32. The maximum atomic E-state index is 10.9. The molecule has 4 rings (SSSR count). The first-order valence-corrected chi connectivity index (χ1v) is 8.06. The molecule has 0 saturated carbocycles. The molecule has 4 N–H and O–H groups in total. The molecule has 0 unspecified atom stereocenters. The topological polar surface area (TPSA) is 106 Å². The molecule has 0 bridgehead atoms. The fourth-order valence-electron chi connectivity index (χ4n) is 3.40. The summed E-state index contributed by atoms with van der Waals surface area (Å²) in [4.78, 5) is 8.86. The minimum atomic E-state index is -0.880. The summed E-state index contributed by atoms with van der Waals surface area (Å²) >= 11 is 0. The molecular weight excluding hydrogens is 308 g/mol. The van der Waals surface area contributed by atoms with E-state index in [-0.39, 0.29) is 6.61 Å². The summed E-state index contributed by atoms with van der Waals surface area (Å²) in [5.74, 6) is 0.811. The van der Waals surface area contributed by atoms with Gasteiger partial charge in [0.25, 0.3) is 0 Å². The molecule has 0 radical (unpaired) electrons. The first kappa shape index (κ1) is 15.3. The Morgan fingerprint density at radius 2 is 1.96 bits per heavy atom. The molecule has 1 fully saturated rings. The van der Waals surface area contributed by atoms with Crippen LogP contribution in [-0.4, -0.2) is 43.6 Å². The average molecular weight is 328 g/mol. The minimum absolute atomic E-state index is 0.227. The summed E-state index contributed by atoms with van der Waals surface area (Å²) in [5, 5.41) is 21.6. The number of aliphatic hydroxyl groups excluding tert-OH is 1. The van der Waals surface area contributed by atoms with Crippen molar-refractivity contribution in [3.05, 3.63) is 30.1 Å². The Hall–Kier alpha value is -2.22. The van der Waals surface area contributed by atoms with E-state index in [1.54, 1.807) is 0 Å². The van der Waals surface area contributed by atoms with Crippen LogP contribution in [-0.2, 0) is 17.9 Å². The molecule has 0 aliphatic carbocycles. The van der Waals surface area contributed by atoms with Gasteiger partial charge >= 0.3 is 0 Å². The van der Waals surface area contributed by atoms with Crippen LogP contribution >= 0.6 is 0 Å². The number of aromatic nitrogens is 3. The summed E-state index contributed by atoms with van der Waals surface area (Å²) in [6, 6.07) is 7.68. The van der Waals surface area contributed by atoms with Crippen molar-refractivity contribution in [2.75, 3.05) is 18.9 Å². The number of fused-ring (bicyclic) bond motifs is 3. The Bertz CT molecular complexity index is 900. The second kappa shape index (κ2) is 5.70. The number of benzene rings is 1. The highest BCUT2D eigenvalue weighted by atomic mass is 16.5. The number of rotatable bonds is 3. The van der Waals surface area contributed by atoms with E-state index in [1.165, 1.54) is 0 Å². The lowest BCUT2D eigenvalue weighted by atomic mass is 9.94. The van der Waals surface area contributed by atoms with Crippen molar-refractivity contribution >= 4 is 27.8 Å².